The maximum absolute atomic E-state index is 5.44. The van der Waals surface area contributed by atoms with Crippen LogP contribution in [0.25, 0.3) is 0 Å². The molecule has 1 N–H and O–H groups in total. The van der Waals surface area contributed by atoms with Crippen molar-refractivity contribution in [2.45, 2.75) is 71.9 Å². The van der Waals surface area contributed by atoms with Crippen LogP contribution in [0, 0.1) is 16.7 Å². The average molecular weight is 275 g/mol. The first kappa shape index (κ1) is 14.2. The van der Waals surface area contributed by atoms with E-state index >= 15 is 0 Å². The number of hydrogen-bond acceptors (Lipinski definition) is 2. The van der Waals surface area contributed by atoms with E-state index in [1.807, 2.05) is 6.07 Å². The Labute approximate surface area is 123 Å². The molecular weight excluding hydrogens is 246 g/mol. The number of fused-ring (bicyclic) bond motifs is 2. The second-order valence-corrected chi connectivity index (χ2v) is 8.03. The highest BCUT2D eigenvalue weighted by atomic mass is 16.3. The summed E-state index contributed by atoms with van der Waals surface area (Å²) in [4.78, 5) is 0. The Morgan fingerprint density at radius 1 is 1.40 bits per heavy atom. The lowest BCUT2D eigenvalue weighted by Crippen LogP contribution is -2.53. The number of aryl methyl sites for hydroxylation is 1. The summed E-state index contributed by atoms with van der Waals surface area (Å²) in [5.41, 5.74) is 0.971. The molecule has 0 saturated heterocycles. The number of furan rings is 1. The van der Waals surface area contributed by atoms with Crippen LogP contribution in [0.2, 0.25) is 0 Å². The smallest absolute Gasteiger partial charge is 0.103 e. The fourth-order valence-electron chi connectivity index (χ4n) is 4.90. The van der Waals surface area contributed by atoms with Crippen molar-refractivity contribution in [1.82, 2.24) is 5.32 Å². The van der Waals surface area contributed by atoms with Gasteiger partial charge in [-0.3, -0.25) is 0 Å². The zero-order chi connectivity index (χ0) is 14.4. The number of hydrogen-bond donors (Lipinski definition) is 1. The molecule has 2 aliphatic rings. The standard InChI is InChI=1S/C18H29NO/c1-13(7-8-15-6-5-11-20-15)19-16-17(2,3)14-9-10-18(16,4)12-14/h5-6,11,13-14,16,19H,7-10,12H2,1-4H3. The third-order valence-electron chi connectivity index (χ3n) is 6.12. The largest absolute Gasteiger partial charge is 0.469 e. The quantitative estimate of drug-likeness (QED) is 0.861. The van der Waals surface area contributed by atoms with Crippen molar-refractivity contribution in [3.05, 3.63) is 24.2 Å². The van der Waals surface area contributed by atoms with Gasteiger partial charge in [-0.1, -0.05) is 20.8 Å². The molecule has 4 atom stereocenters. The topological polar surface area (TPSA) is 25.2 Å². The van der Waals surface area contributed by atoms with Gasteiger partial charge in [-0.2, -0.15) is 0 Å². The van der Waals surface area contributed by atoms with Crippen molar-refractivity contribution < 1.29 is 4.42 Å². The van der Waals surface area contributed by atoms with Crippen molar-refractivity contribution >= 4 is 0 Å². The van der Waals surface area contributed by atoms with Gasteiger partial charge in [0.1, 0.15) is 5.76 Å². The summed E-state index contributed by atoms with van der Waals surface area (Å²) >= 11 is 0. The van der Waals surface area contributed by atoms with Crippen LogP contribution >= 0.6 is 0 Å². The molecule has 2 aliphatic carbocycles. The minimum absolute atomic E-state index is 0.450. The molecule has 0 radical (unpaired) electrons. The van der Waals surface area contributed by atoms with Crippen LogP contribution in [0.1, 0.15) is 59.1 Å². The minimum Gasteiger partial charge on any atom is -0.469 e. The highest BCUT2D eigenvalue weighted by Gasteiger charge is 2.59. The molecule has 0 aromatic carbocycles. The molecule has 3 rings (SSSR count). The van der Waals surface area contributed by atoms with Crippen LogP contribution in [-0.2, 0) is 6.42 Å². The lowest BCUT2D eigenvalue weighted by Gasteiger charge is -2.44. The van der Waals surface area contributed by atoms with Gasteiger partial charge in [0.15, 0.2) is 0 Å². The second kappa shape index (κ2) is 4.91. The predicted molar refractivity (Wildman–Crippen MR) is 82.6 cm³/mol. The average Bonchev–Trinajstić information content (AvgIpc) is 3.05. The zero-order valence-corrected chi connectivity index (χ0v) is 13.4. The molecule has 2 nitrogen and oxygen atoms in total. The third-order valence-corrected chi connectivity index (χ3v) is 6.12. The van der Waals surface area contributed by atoms with Gasteiger partial charge in [0.05, 0.1) is 6.26 Å². The summed E-state index contributed by atoms with van der Waals surface area (Å²) in [5.74, 6) is 2.03. The van der Waals surface area contributed by atoms with Gasteiger partial charge >= 0.3 is 0 Å². The fourth-order valence-corrected chi connectivity index (χ4v) is 4.90. The normalized spacial score (nSPS) is 36.4. The van der Waals surface area contributed by atoms with Gasteiger partial charge in [-0.15, -0.1) is 0 Å². The van der Waals surface area contributed by atoms with Crippen LogP contribution in [-0.4, -0.2) is 12.1 Å². The van der Waals surface area contributed by atoms with Crippen LogP contribution in [0.5, 0.6) is 0 Å². The first-order chi connectivity index (χ1) is 9.42. The molecule has 4 unspecified atom stereocenters. The molecule has 2 bridgehead atoms. The summed E-state index contributed by atoms with van der Waals surface area (Å²) in [6, 6.07) is 5.28. The van der Waals surface area contributed by atoms with E-state index < -0.39 is 0 Å². The predicted octanol–water partition coefficient (Wildman–Crippen LogP) is 4.41. The molecule has 20 heavy (non-hydrogen) atoms. The van der Waals surface area contributed by atoms with Crippen molar-refractivity contribution in [3.63, 3.8) is 0 Å². The molecule has 0 spiro atoms. The highest BCUT2D eigenvalue weighted by Crippen LogP contribution is 2.62. The first-order valence-electron chi connectivity index (χ1n) is 8.20. The monoisotopic (exact) mass is 275 g/mol. The molecule has 2 heteroatoms. The molecule has 112 valence electrons. The Morgan fingerprint density at radius 2 is 2.20 bits per heavy atom. The van der Waals surface area contributed by atoms with E-state index in [2.05, 4.69) is 39.1 Å². The van der Waals surface area contributed by atoms with E-state index in [4.69, 9.17) is 4.42 Å². The molecular formula is C18H29NO. The van der Waals surface area contributed by atoms with Crippen molar-refractivity contribution in [2.75, 3.05) is 0 Å². The summed E-state index contributed by atoms with van der Waals surface area (Å²) in [6.07, 6.45) is 8.22. The summed E-state index contributed by atoms with van der Waals surface area (Å²) in [6.45, 7) is 9.77. The molecule has 2 saturated carbocycles. The van der Waals surface area contributed by atoms with Gasteiger partial charge in [0.25, 0.3) is 0 Å². The molecule has 2 fully saturated rings. The highest BCUT2D eigenvalue weighted by molar-refractivity contribution is 5.12. The summed E-state index contributed by atoms with van der Waals surface area (Å²) in [5, 5.41) is 3.96. The molecule has 0 aliphatic heterocycles. The van der Waals surface area contributed by atoms with E-state index in [9.17, 15) is 0 Å². The molecule has 1 aromatic rings. The maximum atomic E-state index is 5.44. The maximum Gasteiger partial charge on any atom is 0.103 e. The first-order valence-corrected chi connectivity index (χ1v) is 8.20. The zero-order valence-electron chi connectivity index (χ0n) is 13.4. The Balaban J connectivity index is 1.59. The van der Waals surface area contributed by atoms with Crippen LogP contribution in [0.15, 0.2) is 22.8 Å². The Bertz CT molecular complexity index is 445. The van der Waals surface area contributed by atoms with Crippen LogP contribution in [0.4, 0.5) is 0 Å². The SMILES string of the molecule is CC(CCc1ccco1)NC1C2(C)CCC(C2)C1(C)C. The Hall–Kier alpha value is -0.760. The Morgan fingerprint density at radius 3 is 2.80 bits per heavy atom. The van der Waals surface area contributed by atoms with Crippen LogP contribution < -0.4 is 5.32 Å². The minimum atomic E-state index is 0.450. The Kier molecular flexibility index (Phi) is 3.48. The van der Waals surface area contributed by atoms with Gasteiger partial charge < -0.3 is 9.73 Å². The number of rotatable bonds is 5. The van der Waals surface area contributed by atoms with E-state index in [0.29, 0.717) is 22.9 Å². The second-order valence-electron chi connectivity index (χ2n) is 8.03. The summed E-state index contributed by atoms with van der Waals surface area (Å²) < 4.78 is 5.44. The van der Waals surface area contributed by atoms with Crippen molar-refractivity contribution in [2.24, 2.45) is 16.7 Å². The molecule has 1 aromatic heterocycles. The van der Waals surface area contributed by atoms with Crippen molar-refractivity contribution in [3.8, 4) is 0 Å². The van der Waals surface area contributed by atoms with E-state index in [0.717, 1.165) is 24.5 Å². The summed E-state index contributed by atoms with van der Waals surface area (Å²) in [7, 11) is 0. The van der Waals surface area contributed by atoms with Gasteiger partial charge in [-0.25, -0.2) is 0 Å². The van der Waals surface area contributed by atoms with E-state index in [-0.39, 0.29) is 0 Å². The van der Waals surface area contributed by atoms with E-state index in [1.165, 1.54) is 19.3 Å². The van der Waals surface area contributed by atoms with Gasteiger partial charge in [0.2, 0.25) is 0 Å². The fraction of sp³-hybridized carbons (Fsp3) is 0.778. The van der Waals surface area contributed by atoms with Gasteiger partial charge in [0, 0.05) is 18.5 Å². The van der Waals surface area contributed by atoms with Gasteiger partial charge in [-0.05, 0) is 61.5 Å². The van der Waals surface area contributed by atoms with E-state index in [1.54, 1.807) is 6.26 Å². The lowest BCUT2D eigenvalue weighted by molar-refractivity contribution is 0.0990. The third kappa shape index (κ3) is 2.32. The molecule has 1 heterocycles. The lowest BCUT2D eigenvalue weighted by atomic mass is 9.68. The van der Waals surface area contributed by atoms with Crippen LogP contribution in [0.3, 0.4) is 0 Å². The molecule has 0 amide bonds. The number of nitrogens with one attached hydrogen (secondary N) is 1. The van der Waals surface area contributed by atoms with Crippen molar-refractivity contribution in [1.29, 1.82) is 0 Å².